The third-order valence-corrected chi connectivity index (χ3v) is 5.70. The van der Waals surface area contributed by atoms with Crippen LogP contribution in [-0.2, 0) is 0 Å². The van der Waals surface area contributed by atoms with Gasteiger partial charge < -0.3 is 15.0 Å². The summed E-state index contributed by atoms with van der Waals surface area (Å²) in [5, 5.41) is 3.13. The second kappa shape index (κ2) is 9.12. The molecule has 0 aliphatic carbocycles. The lowest BCUT2D eigenvalue weighted by molar-refractivity contribution is 0.0702. The molecule has 0 spiro atoms. The van der Waals surface area contributed by atoms with E-state index < -0.39 is 0 Å². The van der Waals surface area contributed by atoms with Gasteiger partial charge in [0.1, 0.15) is 11.6 Å². The summed E-state index contributed by atoms with van der Waals surface area (Å²) >= 11 is 0. The predicted molar refractivity (Wildman–Crippen MR) is 120 cm³/mol. The Morgan fingerprint density at radius 2 is 2.10 bits per heavy atom. The molecular weight excluding hydrogens is 390 g/mol. The SMILES string of the molecule is CNc1cc([C@H]2CCCN(C(=O)c3cccc(C)c3OC)C2)nc(-c2cccnc2)n1. The molecule has 1 aliphatic heterocycles. The zero-order valence-electron chi connectivity index (χ0n) is 18.1. The summed E-state index contributed by atoms with van der Waals surface area (Å²) in [5.41, 5.74) is 3.37. The zero-order valence-corrected chi connectivity index (χ0v) is 18.1. The van der Waals surface area contributed by atoms with Crippen LogP contribution in [0.25, 0.3) is 11.4 Å². The smallest absolute Gasteiger partial charge is 0.257 e. The van der Waals surface area contributed by atoms with Gasteiger partial charge in [-0.25, -0.2) is 9.97 Å². The zero-order chi connectivity index (χ0) is 21.8. The van der Waals surface area contributed by atoms with E-state index in [9.17, 15) is 4.79 Å². The minimum atomic E-state index is 0.000582. The molecule has 1 amide bonds. The summed E-state index contributed by atoms with van der Waals surface area (Å²) in [4.78, 5) is 28.8. The topological polar surface area (TPSA) is 80.2 Å². The second-order valence-corrected chi connectivity index (χ2v) is 7.74. The number of piperidine rings is 1. The van der Waals surface area contributed by atoms with Crippen LogP contribution in [0, 0.1) is 6.92 Å². The van der Waals surface area contributed by atoms with Crippen LogP contribution in [-0.4, -0.2) is 53.0 Å². The summed E-state index contributed by atoms with van der Waals surface area (Å²) in [6, 6.07) is 11.5. The molecule has 0 unspecified atom stereocenters. The van der Waals surface area contributed by atoms with Crippen LogP contribution >= 0.6 is 0 Å². The van der Waals surface area contributed by atoms with Gasteiger partial charge in [-0.15, -0.1) is 0 Å². The monoisotopic (exact) mass is 417 g/mol. The highest BCUT2D eigenvalue weighted by Gasteiger charge is 2.28. The molecule has 1 N–H and O–H groups in total. The molecule has 1 fully saturated rings. The van der Waals surface area contributed by atoms with Crippen LogP contribution in [0.4, 0.5) is 5.82 Å². The number of anilines is 1. The first-order valence-corrected chi connectivity index (χ1v) is 10.5. The first-order valence-electron chi connectivity index (χ1n) is 10.5. The number of rotatable bonds is 5. The van der Waals surface area contributed by atoms with Gasteiger partial charge in [0, 0.05) is 50.1 Å². The number of pyridine rings is 1. The number of methoxy groups -OCH3 is 1. The van der Waals surface area contributed by atoms with Crippen LogP contribution in [0.5, 0.6) is 5.75 Å². The summed E-state index contributed by atoms with van der Waals surface area (Å²) in [5.74, 6) is 2.18. The van der Waals surface area contributed by atoms with Gasteiger partial charge in [-0.2, -0.15) is 0 Å². The molecule has 3 heterocycles. The van der Waals surface area contributed by atoms with Crippen molar-refractivity contribution in [1.29, 1.82) is 0 Å². The Hall–Kier alpha value is -3.48. The molecule has 1 aromatic carbocycles. The number of carbonyl (C=O) groups excluding carboxylic acids is 1. The second-order valence-electron chi connectivity index (χ2n) is 7.74. The maximum absolute atomic E-state index is 13.3. The van der Waals surface area contributed by atoms with Crippen LogP contribution < -0.4 is 10.1 Å². The maximum Gasteiger partial charge on any atom is 0.257 e. The number of para-hydroxylation sites is 1. The number of nitrogens with one attached hydrogen (secondary N) is 1. The molecule has 0 bridgehead atoms. The highest BCUT2D eigenvalue weighted by molar-refractivity contribution is 5.97. The summed E-state index contributed by atoms with van der Waals surface area (Å²) < 4.78 is 5.51. The molecule has 0 radical (unpaired) electrons. The van der Waals surface area contributed by atoms with E-state index in [1.165, 1.54) is 0 Å². The van der Waals surface area contributed by atoms with E-state index in [2.05, 4.69) is 15.3 Å². The molecule has 2 aromatic heterocycles. The van der Waals surface area contributed by atoms with E-state index in [0.717, 1.165) is 42.0 Å². The number of likely N-dealkylation sites (tertiary alicyclic amines) is 1. The number of aryl methyl sites for hydroxylation is 1. The first-order chi connectivity index (χ1) is 15.1. The van der Waals surface area contributed by atoms with Crippen molar-refractivity contribution in [2.24, 2.45) is 0 Å². The highest BCUT2D eigenvalue weighted by atomic mass is 16.5. The van der Waals surface area contributed by atoms with Gasteiger partial charge >= 0.3 is 0 Å². The summed E-state index contributed by atoms with van der Waals surface area (Å²) in [6.45, 7) is 3.29. The number of ether oxygens (including phenoxy) is 1. The number of hydrogen-bond donors (Lipinski definition) is 1. The average Bonchev–Trinajstić information content (AvgIpc) is 2.83. The number of amides is 1. The van der Waals surface area contributed by atoms with Crippen molar-refractivity contribution in [3.05, 3.63) is 65.6 Å². The van der Waals surface area contributed by atoms with Crippen LogP contribution in [0.3, 0.4) is 0 Å². The number of nitrogens with zero attached hydrogens (tertiary/aromatic N) is 4. The molecule has 0 saturated carbocycles. The van der Waals surface area contributed by atoms with Crippen molar-refractivity contribution in [3.8, 4) is 17.1 Å². The minimum Gasteiger partial charge on any atom is -0.496 e. The third-order valence-electron chi connectivity index (χ3n) is 5.70. The number of benzene rings is 1. The van der Waals surface area contributed by atoms with E-state index in [1.54, 1.807) is 19.5 Å². The fraction of sp³-hybridized carbons (Fsp3) is 0.333. The van der Waals surface area contributed by atoms with Gasteiger partial charge in [0.2, 0.25) is 0 Å². The van der Waals surface area contributed by atoms with Crippen LogP contribution in [0.15, 0.2) is 48.8 Å². The lowest BCUT2D eigenvalue weighted by Gasteiger charge is -2.33. The number of hydrogen-bond acceptors (Lipinski definition) is 6. The van der Waals surface area contributed by atoms with E-state index in [0.29, 0.717) is 23.7 Å². The van der Waals surface area contributed by atoms with E-state index in [1.807, 2.05) is 55.3 Å². The lowest BCUT2D eigenvalue weighted by Crippen LogP contribution is -2.39. The molecule has 7 nitrogen and oxygen atoms in total. The van der Waals surface area contributed by atoms with Gasteiger partial charge in [-0.3, -0.25) is 9.78 Å². The Balaban J connectivity index is 1.62. The normalized spacial score (nSPS) is 16.1. The average molecular weight is 418 g/mol. The van der Waals surface area contributed by atoms with E-state index in [4.69, 9.17) is 9.72 Å². The number of aromatic nitrogens is 3. The highest BCUT2D eigenvalue weighted by Crippen LogP contribution is 2.31. The predicted octanol–water partition coefficient (Wildman–Crippen LogP) is 3.92. The van der Waals surface area contributed by atoms with Gasteiger partial charge in [0.15, 0.2) is 5.82 Å². The Bertz CT molecular complexity index is 1070. The quantitative estimate of drug-likeness (QED) is 0.678. The molecule has 160 valence electrons. The molecule has 1 atom stereocenters. The molecule has 31 heavy (non-hydrogen) atoms. The molecule has 3 aromatic rings. The lowest BCUT2D eigenvalue weighted by atomic mass is 9.93. The molecular formula is C24H27N5O2. The van der Waals surface area contributed by atoms with E-state index >= 15 is 0 Å². The fourth-order valence-corrected chi connectivity index (χ4v) is 4.09. The van der Waals surface area contributed by atoms with Crippen molar-refractivity contribution in [2.75, 3.05) is 32.6 Å². The van der Waals surface area contributed by atoms with Crippen molar-refractivity contribution in [2.45, 2.75) is 25.7 Å². The fourth-order valence-electron chi connectivity index (χ4n) is 4.09. The van der Waals surface area contributed by atoms with Crippen molar-refractivity contribution >= 4 is 11.7 Å². The molecule has 7 heteroatoms. The third kappa shape index (κ3) is 4.35. The first kappa shape index (κ1) is 20.8. The van der Waals surface area contributed by atoms with Crippen molar-refractivity contribution in [3.63, 3.8) is 0 Å². The van der Waals surface area contributed by atoms with Crippen LogP contribution in [0.1, 0.15) is 40.4 Å². The number of carbonyl (C=O) groups is 1. The minimum absolute atomic E-state index is 0.000582. The van der Waals surface area contributed by atoms with Gasteiger partial charge in [0.05, 0.1) is 18.4 Å². The Labute approximate surface area is 182 Å². The van der Waals surface area contributed by atoms with Crippen LogP contribution in [0.2, 0.25) is 0 Å². The Morgan fingerprint density at radius 3 is 2.84 bits per heavy atom. The summed E-state index contributed by atoms with van der Waals surface area (Å²) in [7, 11) is 3.46. The molecule has 1 saturated heterocycles. The largest absolute Gasteiger partial charge is 0.496 e. The van der Waals surface area contributed by atoms with Crippen molar-refractivity contribution in [1.82, 2.24) is 19.9 Å². The van der Waals surface area contributed by atoms with Gasteiger partial charge in [0.25, 0.3) is 5.91 Å². The van der Waals surface area contributed by atoms with Gasteiger partial charge in [-0.05, 0) is 43.5 Å². The maximum atomic E-state index is 13.3. The Kier molecular flexibility index (Phi) is 6.11. The Morgan fingerprint density at radius 1 is 1.23 bits per heavy atom. The van der Waals surface area contributed by atoms with Gasteiger partial charge in [-0.1, -0.05) is 12.1 Å². The summed E-state index contributed by atoms with van der Waals surface area (Å²) in [6.07, 6.45) is 5.39. The van der Waals surface area contributed by atoms with E-state index in [-0.39, 0.29) is 11.8 Å². The molecule has 1 aliphatic rings. The molecule has 4 rings (SSSR count). The standard InChI is InChI=1S/C24H27N5O2/c1-16-7-4-10-19(22(16)31-3)24(30)29-12-6-9-18(15-29)20-13-21(25-2)28-23(27-20)17-8-5-11-26-14-17/h4-5,7-8,10-11,13-14,18H,6,9,12,15H2,1-3H3,(H,25,27,28)/t18-/m0/s1. The van der Waals surface area contributed by atoms with Crippen molar-refractivity contribution < 1.29 is 9.53 Å².